The summed E-state index contributed by atoms with van der Waals surface area (Å²) in [6.45, 7) is 2.10. The van der Waals surface area contributed by atoms with Crippen LogP contribution in [0.2, 0.25) is 5.02 Å². The summed E-state index contributed by atoms with van der Waals surface area (Å²) in [5, 5.41) is 7.51. The highest BCUT2D eigenvalue weighted by atomic mass is 79.9. The summed E-state index contributed by atoms with van der Waals surface area (Å²) in [6.07, 6.45) is 1.16. The van der Waals surface area contributed by atoms with Gasteiger partial charge in [-0.15, -0.1) is 0 Å². The van der Waals surface area contributed by atoms with E-state index in [-0.39, 0.29) is 0 Å². The fourth-order valence-corrected chi connectivity index (χ4v) is 2.14. The van der Waals surface area contributed by atoms with E-state index in [2.05, 4.69) is 26.6 Å². The molecule has 1 aliphatic heterocycles. The molecule has 1 aliphatic rings. The molecule has 1 saturated heterocycles. The van der Waals surface area contributed by atoms with Crippen LogP contribution in [-0.4, -0.2) is 19.1 Å². The van der Waals surface area contributed by atoms with Gasteiger partial charge in [0.1, 0.15) is 0 Å². The third kappa shape index (κ3) is 2.41. The summed E-state index contributed by atoms with van der Waals surface area (Å²) in [5.74, 6) is 0. The maximum atomic E-state index is 6.07. The van der Waals surface area contributed by atoms with E-state index in [1.807, 2.05) is 18.2 Å². The highest BCUT2D eigenvalue weighted by Crippen LogP contribution is 2.26. The molecule has 2 nitrogen and oxygen atoms in total. The van der Waals surface area contributed by atoms with Gasteiger partial charge in [-0.1, -0.05) is 27.5 Å². The molecule has 1 aromatic carbocycles. The van der Waals surface area contributed by atoms with Crippen molar-refractivity contribution in [3.8, 4) is 0 Å². The van der Waals surface area contributed by atoms with E-state index in [1.54, 1.807) is 0 Å². The standard InChI is InChI=1S/C10H12BrClN2/c11-7-1-2-9(12)10(5-7)14-8-3-4-13-6-8/h1-2,5,8,13-14H,3-4,6H2. The lowest BCUT2D eigenvalue weighted by molar-refractivity contribution is 0.793. The van der Waals surface area contributed by atoms with Crippen molar-refractivity contribution in [1.29, 1.82) is 0 Å². The zero-order valence-electron chi connectivity index (χ0n) is 7.69. The van der Waals surface area contributed by atoms with Gasteiger partial charge in [-0.2, -0.15) is 0 Å². The molecule has 0 saturated carbocycles. The Balaban J connectivity index is 2.10. The van der Waals surface area contributed by atoms with Crippen LogP contribution in [0.3, 0.4) is 0 Å². The third-order valence-corrected chi connectivity index (χ3v) is 3.17. The number of halogens is 2. The molecule has 0 bridgehead atoms. The Morgan fingerprint density at radius 3 is 3.07 bits per heavy atom. The molecule has 1 heterocycles. The largest absolute Gasteiger partial charge is 0.380 e. The predicted octanol–water partition coefficient (Wildman–Crippen LogP) is 2.88. The number of rotatable bonds is 2. The quantitative estimate of drug-likeness (QED) is 0.867. The van der Waals surface area contributed by atoms with Crippen LogP contribution in [-0.2, 0) is 0 Å². The van der Waals surface area contributed by atoms with Crippen molar-refractivity contribution < 1.29 is 0 Å². The van der Waals surface area contributed by atoms with Crippen molar-refractivity contribution in [2.45, 2.75) is 12.5 Å². The van der Waals surface area contributed by atoms with Gasteiger partial charge < -0.3 is 10.6 Å². The molecule has 0 radical (unpaired) electrons. The van der Waals surface area contributed by atoms with Gasteiger partial charge in [0.2, 0.25) is 0 Å². The molecule has 1 atom stereocenters. The van der Waals surface area contributed by atoms with E-state index in [0.717, 1.165) is 34.7 Å². The maximum absolute atomic E-state index is 6.07. The highest BCUT2D eigenvalue weighted by Gasteiger charge is 2.14. The van der Waals surface area contributed by atoms with Crippen LogP contribution < -0.4 is 10.6 Å². The van der Waals surface area contributed by atoms with E-state index in [1.165, 1.54) is 0 Å². The lowest BCUT2D eigenvalue weighted by Gasteiger charge is -2.14. The number of nitrogens with one attached hydrogen (secondary N) is 2. The lowest BCUT2D eigenvalue weighted by atomic mass is 10.2. The first kappa shape index (κ1) is 10.3. The van der Waals surface area contributed by atoms with Gasteiger partial charge in [0, 0.05) is 17.1 Å². The molecular formula is C10H12BrClN2. The Hall–Kier alpha value is -0.250. The van der Waals surface area contributed by atoms with Gasteiger partial charge in [-0.05, 0) is 31.2 Å². The summed E-state index contributed by atoms with van der Waals surface area (Å²) < 4.78 is 1.05. The molecule has 0 aliphatic carbocycles. The SMILES string of the molecule is Clc1ccc(Br)cc1NC1CCNC1. The summed E-state index contributed by atoms with van der Waals surface area (Å²) in [5.41, 5.74) is 1.01. The second-order valence-electron chi connectivity index (χ2n) is 3.46. The summed E-state index contributed by atoms with van der Waals surface area (Å²) in [4.78, 5) is 0. The van der Waals surface area contributed by atoms with Crippen molar-refractivity contribution in [2.24, 2.45) is 0 Å². The van der Waals surface area contributed by atoms with Gasteiger partial charge in [-0.25, -0.2) is 0 Å². The first-order chi connectivity index (χ1) is 6.75. The predicted molar refractivity (Wildman–Crippen MR) is 64.0 cm³/mol. The Kier molecular flexibility index (Phi) is 3.31. The smallest absolute Gasteiger partial charge is 0.0638 e. The van der Waals surface area contributed by atoms with Crippen molar-refractivity contribution in [3.05, 3.63) is 27.7 Å². The van der Waals surface area contributed by atoms with Crippen LogP contribution in [0.15, 0.2) is 22.7 Å². The molecule has 76 valence electrons. The molecule has 2 N–H and O–H groups in total. The average Bonchev–Trinajstić information content (AvgIpc) is 2.64. The minimum absolute atomic E-state index is 0.502. The third-order valence-electron chi connectivity index (χ3n) is 2.35. The van der Waals surface area contributed by atoms with Gasteiger partial charge in [0.15, 0.2) is 0 Å². The second-order valence-corrected chi connectivity index (χ2v) is 4.78. The van der Waals surface area contributed by atoms with Crippen LogP contribution in [0.25, 0.3) is 0 Å². The van der Waals surface area contributed by atoms with Gasteiger partial charge in [-0.3, -0.25) is 0 Å². The molecular weight excluding hydrogens is 263 g/mol. The molecule has 1 unspecified atom stereocenters. The molecule has 14 heavy (non-hydrogen) atoms. The fraction of sp³-hybridized carbons (Fsp3) is 0.400. The molecule has 0 amide bonds. The Labute approximate surface area is 97.2 Å². The van der Waals surface area contributed by atoms with E-state index in [9.17, 15) is 0 Å². The normalized spacial score (nSPS) is 21.1. The number of hydrogen-bond acceptors (Lipinski definition) is 2. The fourth-order valence-electron chi connectivity index (χ4n) is 1.61. The topological polar surface area (TPSA) is 24.1 Å². The molecule has 2 rings (SSSR count). The van der Waals surface area contributed by atoms with Crippen LogP contribution in [0.4, 0.5) is 5.69 Å². The average molecular weight is 276 g/mol. The minimum Gasteiger partial charge on any atom is -0.380 e. The number of anilines is 1. The van der Waals surface area contributed by atoms with Crippen LogP contribution in [0.1, 0.15) is 6.42 Å². The van der Waals surface area contributed by atoms with E-state index in [0.29, 0.717) is 6.04 Å². The monoisotopic (exact) mass is 274 g/mol. The Bertz CT molecular complexity index is 324. The Morgan fingerprint density at radius 2 is 2.36 bits per heavy atom. The molecule has 0 aromatic heterocycles. The maximum Gasteiger partial charge on any atom is 0.0638 e. The van der Waals surface area contributed by atoms with Crippen LogP contribution in [0.5, 0.6) is 0 Å². The molecule has 0 spiro atoms. The summed E-state index contributed by atoms with van der Waals surface area (Å²) >= 11 is 9.50. The minimum atomic E-state index is 0.502. The highest BCUT2D eigenvalue weighted by molar-refractivity contribution is 9.10. The molecule has 1 aromatic rings. The van der Waals surface area contributed by atoms with Crippen molar-refractivity contribution in [1.82, 2.24) is 5.32 Å². The van der Waals surface area contributed by atoms with Crippen molar-refractivity contribution in [2.75, 3.05) is 18.4 Å². The van der Waals surface area contributed by atoms with E-state index in [4.69, 9.17) is 11.6 Å². The first-order valence-electron chi connectivity index (χ1n) is 4.68. The molecule has 4 heteroatoms. The number of benzene rings is 1. The summed E-state index contributed by atoms with van der Waals surface area (Å²) in [6, 6.07) is 6.36. The van der Waals surface area contributed by atoms with Gasteiger partial charge in [0.25, 0.3) is 0 Å². The molecule has 1 fully saturated rings. The zero-order valence-corrected chi connectivity index (χ0v) is 10.0. The van der Waals surface area contributed by atoms with Crippen molar-refractivity contribution >= 4 is 33.2 Å². The lowest BCUT2D eigenvalue weighted by Crippen LogP contribution is -2.22. The zero-order chi connectivity index (χ0) is 9.97. The Morgan fingerprint density at radius 1 is 1.50 bits per heavy atom. The van der Waals surface area contributed by atoms with Crippen LogP contribution >= 0.6 is 27.5 Å². The van der Waals surface area contributed by atoms with Crippen molar-refractivity contribution in [3.63, 3.8) is 0 Å². The first-order valence-corrected chi connectivity index (χ1v) is 5.85. The second kappa shape index (κ2) is 4.51. The van der Waals surface area contributed by atoms with Gasteiger partial charge >= 0.3 is 0 Å². The van der Waals surface area contributed by atoms with E-state index < -0.39 is 0 Å². The number of hydrogen-bond donors (Lipinski definition) is 2. The van der Waals surface area contributed by atoms with Gasteiger partial charge in [0.05, 0.1) is 10.7 Å². The van der Waals surface area contributed by atoms with E-state index >= 15 is 0 Å². The summed E-state index contributed by atoms with van der Waals surface area (Å²) in [7, 11) is 0. The van der Waals surface area contributed by atoms with Crippen LogP contribution in [0, 0.1) is 0 Å².